The molecule has 4 aromatic rings. The van der Waals surface area contributed by atoms with Crippen molar-refractivity contribution in [2.45, 2.75) is 45.7 Å². The zero-order valence-electron chi connectivity index (χ0n) is 21.4. The lowest BCUT2D eigenvalue weighted by molar-refractivity contribution is 0.0739. The summed E-state index contributed by atoms with van der Waals surface area (Å²) in [5, 5.41) is 7.62. The number of carbonyl (C=O) groups is 1. The van der Waals surface area contributed by atoms with E-state index in [1.54, 1.807) is 12.5 Å². The second-order valence-corrected chi connectivity index (χ2v) is 9.12. The third-order valence-corrected chi connectivity index (χ3v) is 6.62. The van der Waals surface area contributed by atoms with Crippen molar-refractivity contribution in [2.75, 3.05) is 19.8 Å². The fourth-order valence-corrected chi connectivity index (χ4v) is 4.84. The second-order valence-electron chi connectivity index (χ2n) is 9.12. The molecule has 192 valence electrons. The van der Waals surface area contributed by atoms with Gasteiger partial charge in [-0.25, -0.2) is 4.98 Å². The van der Waals surface area contributed by atoms with Gasteiger partial charge < -0.3 is 18.9 Å². The highest BCUT2D eigenvalue weighted by atomic mass is 16.5. The molecule has 0 radical (unpaired) electrons. The van der Waals surface area contributed by atoms with E-state index in [-0.39, 0.29) is 11.9 Å². The van der Waals surface area contributed by atoms with E-state index in [1.807, 2.05) is 71.1 Å². The van der Waals surface area contributed by atoms with Gasteiger partial charge in [-0.3, -0.25) is 9.89 Å². The SMILES string of the molecule is CCCCOc1ccc(C2c3c(-c4ccccc4)n[nH]c3C(=O)N2CCCn2ccnc2)cc1OCC. The largest absolute Gasteiger partial charge is 0.490 e. The van der Waals surface area contributed by atoms with Crippen LogP contribution in [-0.4, -0.2) is 50.3 Å². The van der Waals surface area contributed by atoms with Gasteiger partial charge in [-0.2, -0.15) is 5.10 Å². The maximum Gasteiger partial charge on any atom is 0.273 e. The van der Waals surface area contributed by atoms with Crippen molar-refractivity contribution in [2.24, 2.45) is 0 Å². The van der Waals surface area contributed by atoms with Crippen LogP contribution in [0, 0.1) is 0 Å². The van der Waals surface area contributed by atoms with Crippen LogP contribution in [0.1, 0.15) is 60.8 Å². The summed E-state index contributed by atoms with van der Waals surface area (Å²) in [7, 11) is 0. The third-order valence-electron chi connectivity index (χ3n) is 6.62. The van der Waals surface area contributed by atoms with Crippen molar-refractivity contribution in [1.82, 2.24) is 24.6 Å². The number of rotatable bonds is 12. The molecule has 0 bridgehead atoms. The average molecular weight is 500 g/mol. The summed E-state index contributed by atoms with van der Waals surface area (Å²) < 4.78 is 14.0. The number of unbranched alkanes of at least 4 members (excludes halogenated alkanes) is 1. The van der Waals surface area contributed by atoms with E-state index in [9.17, 15) is 4.79 Å². The van der Waals surface area contributed by atoms with Crippen molar-refractivity contribution in [3.63, 3.8) is 0 Å². The van der Waals surface area contributed by atoms with Gasteiger partial charge in [-0.1, -0.05) is 49.7 Å². The summed E-state index contributed by atoms with van der Waals surface area (Å²) in [5.41, 5.74) is 4.20. The summed E-state index contributed by atoms with van der Waals surface area (Å²) in [5.74, 6) is 1.38. The minimum atomic E-state index is -0.289. The number of nitrogens with zero attached hydrogens (tertiary/aromatic N) is 4. The Morgan fingerprint density at radius 1 is 1.00 bits per heavy atom. The lowest BCUT2D eigenvalue weighted by atomic mass is 9.95. The number of carbonyl (C=O) groups excluding carboxylic acids is 1. The highest BCUT2D eigenvalue weighted by molar-refractivity contribution is 6.00. The molecule has 0 spiro atoms. The maximum atomic E-state index is 13.6. The van der Waals surface area contributed by atoms with Crippen LogP contribution in [-0.2, 0) is 6.54 Å². The number of hydrogen-bond acceptors (Lipinski definition) is 5. The minimum absolute atomic E-state index is 0.0402. The molecule has 1 aliphatic rings. The summed E-state index contributed by atoms with van der Waals surface area (Å²) in [4.78, 5) is 19.7. The predicted octanol–water partition coefficient (Wildman–Crippen LogP) is 5.49. The molecule has 2 aromatic heterocycles. The zero-order valence-corrected chi connectivity index (χ0v) is 21.4. The molecular weight excluding hydrogens is 466 g/mol. The Morgan fingerprint density at radius 3 is 2.62 bits per heavy atom. The Bertz CT molecular complexity index is 1320. The molecule has 0 aliphatic carbocycles. The predicted molar refractivity (Wildman–Crippen MR) is 142 cm³/mol. The number of benzene rings is 2. The third kappa shape index (κ3) is 5.09. The van der Waals surface area contributed by atoms with Crippen LogP contribution in [0.15, 0.2) is 67.3 Å². The number of fused-ring (bicyclic) bond motifs is 1. The molecule has 1 N–H and O–H groups in total. The number of H-pyrrole nitrogens is 1. The number of amides is 1. The molecule has 1 atom stereocenters. The van der Waals surface area contributed by atoms with E-state index >= 15 is 0 Å². The van der Waals surface area contributed by atoms with Crippen LogP contribution in [0.2, 0.25) is 0 Å². The number of hydrogen-bond donors (Lipinski definition) is 1. The van der Waals surface area contributed by atoms with E-state index < -0.39 is 0 Å². The van der Waals surface area contributed by atoms with Gasteiger partial charge in [0.25, 0.3) is 5.91 Å². The van der Waals surface area contributed by atoms with Crippen molar-refractivity contribution in [3.05, 3.63) is 84.1 Å². The van der Waals surface area contributed by atoms with Crippen molar-refractivity contribution in [3.8, 4) is 22.8 Å². The normalized spacial score (nSPS) is 14.7. The maximum absolute atomic E-state index is 13.6. The minimum Gasteiger partial charge on any atom is -0.490 e. The quantitative estimate of drug-likeness (QED) is 0.261. The van der Waals surface area contributed by atoms with Gasteiger partial charge in [-0.05, 0) is 37.5 Å². The number of aryl methyl sites for hydroxylation is 1. The smallest absolute Gasteiger partial charge is 0.273 e. The first-order valence-corrected chi connectivity index (χ1v) is 13.0. The van der Waals surface area contributed by atoms with E-state index in [4.69, 9.17) is 9.47 Å². The standard InChI is InChI=1S/C29H33N5O3/c1-3-5-18-37-23-13-12-22(19-24(23)36-4-2)28-25-26(21-10-7-6-8-11-21)31-32-27(25)29(35)34(28)16-9-15-33-17-14-30-20-33/h6-8,10-14,17,19-20,28H,3-5,9,15-16,18H2,1-2H3,(H,31,32). The van der Waals surface area contributed by atoms with Gasteiger partial charge in [0, 0.05) is 36.6 Å². The van der Waals surface area contributed by atoms with Crippen molar-refractivity contribution in [1.29, 1.82) is 0 Å². The van der Waals surface area contributed by atoms with Gasteiger partial charge in [0.2, 0.25) is 0 Å². The molecular formula is C29H33N5O3. The van der Waals surface area contributed by atoms with Crippen LogP contribution < -0.4 is 9.47 Å². The molecule has 1 aliphatic heterocycles. The highest BCUT2D eigenvalue weighted by Crippen LogP contribution is 2.44. The number of nitrogens with one attached hydrogen (secondary N) is 1. The summed E-state index contributed by atoms with van der Waals surface area (Å²) in [6.45, 7) is 6.65. The number of aromatic nitrogens is 4. The van der Waals surface area contributed by atoms with Crippen molar-refractivity contribution >= 4 is 5.91 Å². The van der Waals surface area contributed by atoms with Crippen LogP contribution in [0.3, 0.4) is 0 Å². The van der Waals surface area contributed by atoms with E-state index in [1.165, 1.54) is 0 Å². The summed E-state index contributed by atoms with van der Waals surface area (Å²) in [6.07, 6.45) is 8.35. The van der Waals surface area contributed by atoms with E-state index in [2.05, 4.69) is 22.1 Å². The lowest BCUT2D eigenvalue weighted by Gasteiger charge is -2.27. The monoisotopic (exact) mass is 499 g/mol. The van der Waals surface area contributed by atoms with Gasteiger partial charge in [0.05, 0.1) is 31.3 Å². The van der Waals surface area contributed by atoms with Gasteiger partial charge in [-0.15, -0.1) is 0 Å². The highest BCUT2D eigenvalue weighted by Gasteiger charge is 2.42. The van der Waals surface area contributed by atoms with Crippen LogP contribution >= 0.6 is 0 Å². The second kappa shape index (κ2) is 11.3. The number of imidazole rings is 1. The molecule has 1 unspecified atom stereocenters. The fourth-order valence-electron chi connectivity index (χ4n) is 4.84. The molecule has 0 saturated carbocycles. The molecule has 0 saturated heterocycles. The average Bonchev–Trinajstić information content (AvgIpc) is 3.65. The Hall–Kier alpha value is -4.07. The summed E-state index contributed by atoms with van der Waals surface area (Å²) in [6, 6.07) is 15.7. The Balaban J connectivity index is 1.52. The van der Waals surface area contributed by atoms with Gasteiger partial charge >= 0.3 is 0 Å². The van der Waals surface area contributed by atoms with Crippen LogP contribution in [0.5, 0.6) is 11.5 Å². The lowest BCUT2D eigenvalue weighted by Crippen LogP contribution is -2.31. The van der Waals surface area contributed by atoms with Crippen LogP contribution in [0.25, 0.3) is 11.3 Å². The zero-order chi connectivity index (χ0) is 25.6. The molecule has 3 heterocycles. The Kier molecular flexibility index (Phi) is 7.54. The fraction of sp³-hybridized carbons (Fsp3) is 0.345. The molecule has 0 fully saturated rings. The Labute approximate surface area is 217 Å². The van der Waals surface area contributed by atoms with Gasteiger partial charge in [0.1, 0.15) is 5.69 Å². The summed E-state index contributed by atoms with van der Waals surface area (Å²) >= 11 is 0. The topological polar surface area (TPSA) is 85.3 Å². The van der Waals surface area contributed by atoms with Crippen LogP contribution in [0.4, 0.5) is 0 Å². The molecule has 8 heteroatoms. The first-order valence-electron chi connectivity index (χ1n) is 13.0. The van der Waals surface area contributed by atoms with E-state index in [0.717, 1.165) is 53.9 Å². The molecule has 37 heavy (non-hydrogen) atoms. The molecule has 5 rings (SSSR count). The first-order chi connectivity index (χ1) is 18.2. The number of ether oxygens (including phenoxy) is 2. The Morgan fingerprint density at radius 2 is 1.86 bits per heavy atom. The van der Waals surface area contributed by atoms with Crippen molar-refractivity contribution < 1.29 is 14.3 Å². The molecule has 2 aromatic carbocycles. The number of aromatic amines is 1. The molecule has 1 amide bonds. The molecule has 8 nitrogen and oxygen atoms in total. The van der Waals surface area contributed by atoms with E-state index in [0.29, 0.717) is 31.2 Å². The van der Waals surface area contributed by atoms with Gasteiger partial charge in [0.15, 0.2) is 11.5 Å². The first kappa shape index (κ1) is 24.6.